The van der Waals surface area contributed by atoms with Crippen LogP contribution in [-0.4, -0.2) is 20.9 Å². The van der Waals surface area contributed by atoms with Gasteiger partial charge in [0.05, 0.1) is 5.69 Å². The second kappa shape index (κ2) is 9.15. The van der Waals surface area contributed by atoms with Crippen molar-refractivity contribution in [1.82, 2.24) is 9.78 Å². The Labute approximate surface area is 173 Å². The molecule has 1 aromatic heterocycles. The van der Waals surface area contributed by atoms with Gasteiger partial charge in [-0.05, 0) is 49.1 Å². The van der Waals surface area contributed by atoms with Gasteiger partial charge in [-0.1, -0.05) is 32.4 Å². The standard InChI is InChI=1S/C23H23F3N2O2/c1-3-6-18-21(23(29)30)27-28(20-10-9-17(25)13-19(20)26)22(18)15(4-2)11-14-7-5-8-16(24)12-14/h5,7-10,12-13,15H,3-4,6,11H2,1-2H3,(H,29,30). The first kappa shape index (κ1) is 21.6. The molecular weight excluding hydrogens is 393 g/mol. The Morgan fingerprint density at radius 2 is 1.83 bits per heavy atom. The van der Waals surface area contributed by atoms with Crippen LogP contribution in [0.25, 0.3) is 5.69 Å². The summed E-state index contributed by atoms with van der Waals surface area (Å²) < 4.78 is 43.0. The van der Waals surface area contributed by atoms with Crippen molar-refractivity contribution in [2.45, 2.75) is 45.4 Å². The van der Waals surface area contributed by atoms with E-state index in [0.29, 0.717) is 36.9 Å². The van der Waals surface area contributed by atoms with Crippen LogP contribution in [0.1, 0.15) is 59.9 Å². The van der Waals surface area contributed by atoms with Gasteiger partial charge < -0.3 is 5.11 Å². The maximum absolute atomic E-state index is 14.6. The lowest BCUT2D eigenvalue weighted by molar-refractivity contribution is 0.0688. The Morgan fingerprint density at radius 3 is 2.43 bits per heavy atom. The monoisotopic (exact) mass is 416 g/mol. The predicted molar refractivity (Wildman–Crippen MR) is 108 cm³/mol. The molecule has 0 saturated carbocycles. The number of carboxylic acid groups (broad SMARTS) is 1. The Kier molecular flexibility index (Phi) is 6.59. The summed E-state index contributed by atoms with van der Waals surface area (Å²) in [6, 6.07) is 9.29. The average molecular weight is 416 g/mol. The number of hydrogen-bond acceptors (Lipinski definition) is 2. The third kappa shape index (κ3) is 4.40. The third-order valence-corrected chi connectivity index (χ3v) is 5.11. The lowest BCUT2D eigenvalue weighted by Crippen LogP contribution is -2.13. The molecule has 1 heterocycles. The highest BCUT2D eigenvalue weighted by Crippen LogP contribution is 2.33. The molecule has 0 saturated heterocycles. The summed E-state index contributed by atoms with van der Waals surface area (Å²) in [5, 5.41) is 13.9. The van der Waals surface area contributed by atoms with E-state index in [9.17, 15) is 23.1 Å². The summed E-state index contributed by atoms with van der Waals surface area (Å²) in [7, 11) is 0. The van der Waals surface area contributed by atoms with Crippen LogP contribution in [0.5, 0.6) is 0 Å². The molecule has 1 unspecified atom stereocenters. The molecule has 4 nitrogen and oxygen atoms in total. The van der Waals surface area contributed by atoms with Crippen LogP contribution >= 0.6 is 0 Å². The van der Waals surface area contributed by atoms with Crippen LogP contribution in [0.15, 0.2) is 42.5 Å². The molecule has 2 aromatic carbocycles. The number of aromatic carboxylic acids is 1. The van der Waals surface area contributed by atoms with Gasteiger partial charge in [0.25, 0.3) is 0 Å². The summed E-state index contributed by atoms with van der Waals surface area (Å²) >= 11 is 0. The number of benzene rings is 2. The van der Waals surface area contributed by atoms with Gasteiger partial charge in [-0.15, -0.1) is 0 Å². The molecular formula is C23H23F3N2O2. The topological polar surface area (TPSA) is 55.1 Å². The minimum absolute atomic E-state index is 0.0195. The first-order chi connectivity index (χ1) is 14.3. The molecule has 0 bridgehead atoms. The molecule has 7 heteroatoms. The van der Waals surface area contributed by atoms with Crippen LogP contribution in [0.2, 0.25) is 0 Å². The number of aromatic nitrogens is 2. The van der Waals surface area contributed by atoms with E-state index in [2.05, 4.69) is 5.10 Å². The van der Waals surface area contributed by atoms with Gasteiger partial charge in [-0.25, -0.2) is 22.6 Å². The zero-order valence-corrected chi connectivity index (χ0v) is 16.8. The Balaban J connectivity index is 2.21. The van der Waals surface area contributed by atoms with Crippen molar-refractivity contribution in [2.24, 2.45) is 0 Å². The molecule has 30 heavy (non-hydrogen) atoms. The number of carboxylic acids is 1. The zero-order chi connectivity index (χ0) is 21.8. The van der Waals surface area contributed by atoms with Crippen molar-refractivity contribution in [3.63, 3.8) is 0 Å². The van der Waals surface area contributed by atoms with Crippen LogP contribution < -0.4 is 0 Å². The summed E-state index contributed by atoms with van der Waals surface area (Å²) in [4.78, 5) is 11.9. The van der Waals surface area contributed by atoms with E-state index in [1.165, 1.54) is 22.9 Å². The quantitative estimate of drug-likeness (QED) is 0.514. The average Bonchev–Trinajstić information content (AvgIpc) is 3.05. The van der Waals surface area contributed by atoms with Crippen molar-refractivity contribution < 1.29 is 23.1 Å². The van der Waals surface area contributed by atoms with Crippen LogP contribution in [0.4, 0.5) is 13.2 Å². The molecule has 0 spiro atoms. The fraction of sp³-hybridized carbons (Fsp3) is 0.304. The van der Waals surface area contributed by atoms with Crippen LogP contribution in [0, 0.1) is 17.5 Å². The van der Waals surface area contributed by atoms with Crippen LogP contribution in [-0.2, 0) is 12.8 Å². The van der Waals surface area contributed by atoms with E-state index in [1.807, 2.05) is 13.8 Å². The molecule has 0 aliphatic carbocycles. The Bertz CT molecular complexity index is 1060. The smallest absolute Gasteiger partial charge is 0.356 e. The van der Waals surface area contributed by atoms with Crippen molar-refractivity contribution >= 4 is 5.97 Å². The van der Waals surface area contributed by atoms with Gasteiger partial charge in [-0.3, -0.25) is 0 Å². The summed E-state index contributed by atoms with van der Waals surface area (Å²) in [5.41, 5.74) is 1.67. The molecule has 1 atom stereocenters. The predicted octanol–water partition coefficient (Wildman–Crippen LogP) is 5.68. The van der Waals surface area contributed by atoms with Gasteiger partial charge in [0.15, 0.2) is 11.5 Å². The second-order valence-corrected chi connectivity index (χ2v) is 7.21. The van der Waals surface area contributed by atoms with Gasteiger partial charge in [0.1, 0.15) is 17.3 Å². The highest BCUT2D eigenvalue weighted by atomic mass is 19.1. The largest absolute Gasteiger partial charge is 0.476 e. The number of nitrogens with zero attached hydrogens (tertiary/aromatic N) is 2. The number of carbonyl (C=O) groups is 1. The van der Waals surface area contributed by atoms with E-state index in [-0.39, 0.29) is 23.1 Å². The number of hydrogen-bond donors (Lipinski definition) is 1. The molecule has 0 aliphatic heterocycles. The highest BCUT2D eigenvalue weighted by Gasteiger charge is 2.28. The van der Waals surface area contributed by atoms with E-state index in [1.54, 1.807) is 12.1 Å². The van der Waals surface area contributed by atoms with Crippen molar-refractivity contribution in [2.75, 3.05) is 0 Å². The maximum atomic E-state index is 14.6. The summed E-state index contributed by atoms with van der Waals surface area (Å²) in [6.45, 7) is 3.84. The minimum atomic E-state index is -1.21. The lowest BCUT2D eigenvalue weighted by atomic mass is 9.89. The SMILES string of the molecule is CCCc1c(C(=O)O)nn(-c2ccc(F)cc2F)c1C(CC)Cc1cccc(F)c1. The zero-order valence-electron chi connectivity index (χ0n) is 16.8. The van der Waals surface area contributed by atoms with Gasteiger partial charge in [-0.2, -0.15) is 5.10 Å². The molecule has 0 fully saturated rings. The molecule has 158 valence electrons. The molecule has 3 aromatic rings. The lowest BCUT2D eigenvalue weighted by Gasteiger charge is -2.20. The number of halogens is 3. The van der Waals surface area contributed by atoms with E-state index < -0.39 is 17.6 Å². The molecule has 0 radical (unpaired) electrons. The second-order valence-electron chi connectivity index (χ2n) is 7.21. The Hall–Kier alpha value is -3.09. The van der Waals surface area contributed by atoms with Crippen molar-refractivity contribution in [1.29, 1.82) is 0 Å². The van der Waals surface area contributed by atoms with Crippen LogP contribution in [0.3, 0.4) is 0 Å². The maximum Gasteiger partial charge on any atom is 0.356 e. The highest BCUT2D eigenvalue weighted by molar-refractivity contribution is 5.87. The molecule has 0 amide bonds. The van der Waals surface area contributed by atoms with Gasteiger partial charge in [0, 0.05) is 17.5 Å². The first-order valence-electron chi connectivity index (χ1n) is 9.90. The van der Waals surface area contributed by atoms with E-state index in [4.69, 9.17) is 0 Å². The summed E-state index contributed by atoms with van der Waals surface area (Å²) in [6.07, 6.45) is 2.14. The normalized spacial score (nSPS) is 12.2. The fourth-order valence-corrected chi connectivity index (χ4v) is 3.77. The first-order valence-corrected chi connectivity index (χ1v) is 9.90. The number of rotatable bonds is 8. The van der Waals surface area contributed by atoms with Gasteiger partial charge >= 0.3 is 5.97 Å². The summed E-state index contributed by atoms with van der Waals surface area (Å²) in [5.74, 6) is -3.37. The van der Waals surface area contributed by atoms with Crippen molar-refractivity contribution in [3.8, 4) is 5.69 Å². The fourth-order valence-electron chi connectivity index (χ4n) is 3.77. The molecule has 3 rings (SSSR count). The van der Waals surface area contributed by atoms with E-state index >= 15 is 0 Å². The van der Waals surface area contributed by atoms with Crippen molar-refractivity contribution in [3.05, 3.63) is 82.4 Å². The van der Waals surface area contributed by atoms with Gasteiger partial charge in [0.2, 0.25) is 0 Å². The Morgan fingerprint density at radius 1 is 1.10 bits per heavy atom. The third-order valence-electron chi connectivity index (χ3n) is 5.11. The molecule has 1 N–H and O–H groups in total. The van der Waals surface area contributed by atoms with E-state index in [0.717, 1.165) is 17.7 Å². The minimum Gasteiger partial charge on any atom is -0.476 e. The molecule has 0 aliphatic rings.